The second-order valence-electron chi connectivity index (χ2n) is 2.79. The topological polar surface area (TPSA) is 41.6 Å². The summed E-state index contributed by atoms with van der Waals surface area (Å²) in [5.74, 6) is 3.06. The first-order valence-electron chi connectivity index (χ1n) is 4.48. The monoisotopic (exact) mass is 257 g/mol. The van der Waals surface area contributed by atoms with Crippen molar-refractivity contribution in [1.82, 2.24) is 15.2 Å². The van der Waals surface area contributed by atoms with E-state index in [0.717, 1.165) is 27.4 Å². The fourth-order valence-electron chi connectivity index (χ4n) is 1.05. The predicted molar refractivity (Wildman–Crippen MR) is 68.8 cm³/mol. The molecule has 80 valence electrons. The van der Waals surface area contributed by atoms with E-state index in [1.807, 2.05) is 29.3 Å². The van der Waals surface area contributed by atoms with Gasteiger partial charge in [0.15, 0.2) is 5.82 Å². The van der Waals surface area contributed by atoms with Crippen LogP contribution in [0, 0.1) is 0 Å². The van der Waals surface area contributed by atoms with Crippen LogP contribution in [-0.4, -0.2) is 32.9 Å². The van der Waals surface area contributed by atoms with Gasteiger partial charge in [-0.1, -0.05) is 17.8 Å². The second kappa shape index (κ2) is 5.58. The van der Waals surface area contributed by atoms with Crippen molar-refractivity contribution >= 4 is 34.9 Å². The molecule has 0 aliphatic heterocycles. The molecule has 1 N–H and O–H groups in total. The van der Waals surface area contributed by atoms with E-state index in [0.29, 0.717) is 0 Å². The van der Waals surface area contributed by atoms with Crippen molar-refractivity contribution in [3.05, 3.63) is 17.5 Å². The summed E-state index contributed by atoms with van der Waals surface area (Å²) < 4.78 is 0. The standard InChI is InChI=1S/C9H11N3S3/c1-13-5-6-15-9-10-8(11-12-9)7-3-2-4-14-7/h2-4H,5-6H2,1H3,(H,10,11,12). The summed E-state index contributed by atoms with van der Waals surface area (Å²) in [4.78, 5) is 5.56. The molecule has 2 heterocycles. The zero-order valence-corrected chi connectivity index (χ0v) is 10.7. The van der Waals surface area contributed by atoms with E-state index in [2.05, 4.69) is 21.4 Å². The number of thioether (sulfide) groups is 2. The van der Waals surface area contributed by atoms with Crippen molar-refractivity contribution in [2.45, 2.75) is 5.16 Å². The van der Waals surface area contributed by atoms with Crippen LogP contribution >= 0.6 is 34.9 Å². The van der Waals surface area contributed by atoms with Gasteiger partial charge >= 0.3 is 0 Å². The Morgan fingerprint density at radius 2 is 2.40 bits per heavy atom. The van der Waals surface area contributed by atoms with Crippen LogP contribution in [0.1, 0.15) is 0 Å². The minimum Gasteiger partial charge on any atom is -0.257 e. The van der Waals surface area contributed by atoms with Crippen LogP contribution < -0.4 is 0 Å². The number of H-pyrrole nitrogens is 1. The summed E-state index contributed by atoms with van der Waals surface area (Å²) in [5, 5.41) is 10.0. The maximum Gasteiger partial charge on any atom is 0.208 e. The van der Waals surface area contributed by atoms with E-state index >= 15 is 0 Å². The summed E-state index contributed by atoms with van der Waals surface area (Å²) in [6, 6.07) is 4.06. The first-order valence-corrected chi connectivity index (χ1v) is 7.74. The fraction of sp³-hybridized carbons (Fsp3) is 0.333. The number of hydrogen-bond acceptors (Lipinski definition) is 5. The number of rotatable bonds is 5. The van der Waals surface area contributed by atoms with Crippen molar-refractivity contribution in [2.24, 2.45) is 0 Å². The van der Waals surface area contributed by atoms with Gasteiger partial charge in [-0.15, -0.1) is 16.4 Å². The molecule has 0 fully saturated rings. The van der Waals surface area contributed by atoms with Crippen molar-refractivity contribution in [2.75, 3.05) is 17.8 Å². The Bertz CT molecular complexity index is 396. The molecule has 6 heteroatoms. The van der Waals surface area contributed by atoms with Gasteiger partial charge in [-0.2, -0.15) is 11.8 Å². The van der Waals surface area contributed by atoms with Gasteiger partial charge in [0.1, 0.15) is 0 Å². The third-order valence-corrected chi connectivity index (χ3v) is 4.33. The molecule has 0 atom stereocenters. The third-order valence-electron chi connectivity index (χ3n) is 1.74. The zero-order chi connectivity index (χ0) is 10.5. The average Bonchev–Trinajstić information content (AvgIpc) is 2.87. The molecule has 0 aliphatic carbocycles. The Balaban J connectivity index is 1.98. The lowest BCUT2D eigenvalue weighted by Gasteiger charge is -1.92. The third kappa shape index (κ3) is 2.99. The number of aromatic amines is 1. The van der Waals surface area contributed by atoms with Gasteiger partial charge in [0, 0.05) is 11.5 Å². The molecule has 3 nitrogen and oxygen atoms in total. The molecular weight excluding hydrogens is 246 g/mol. The molecule has 2 aromatic heterocycles. The molecule has 2 rings (SSSR count). The summed E-state index contributed by atoms with van der Waals surface area (Å²) in [5.41, 5.74) is 0. The average molecular weight is 257 g/mol. The fourth-order valence-corrected chi connectivity index (χ4v) is 3.16. The van der Waals surface area contributed by atoms with E-state index < -0.39 is 0 Å². The van der Waals surface area contributed by atoms with Crippen molar-refractivity contribution in [3.63, 3.8) is 0 Å². The number of nitrogens with one attached hydrogen (secondary N) is 1. The highest BCUT2D eigenvalue weighted by molar-refractivity contribution is 8.02. The van der Waals surface area contributed by atoms with Crippen LogP contribution in [0.4, 0.5) is 0 Å². The highest BCUT2D eigenvalue weighted by atomic mass is 32.2. The van der Waals surface area contributed by atoms with Crippen LogP contribution in [0.2, 0.25) is 0 Å². The van der Waals surface area contributed by atoms with Crippen LogP contribution in [0.25, 0.3) is 10.7 Å². The normalized spacial score (nSPS) is 10.7. The summed E-state index contributed by atoms with van der Waals surface area (Å²) >= 11 is 5.20. The Morgan fingerprint density at radius 3 is 3.13 bits per heavy atom. The lowest BCUT2D eigenvalue weighted by molar-refractivity contribution is 0.974. The van der Waals surface area contributed by atoms with E-state index in [4.69, 9.17) is 0 Å². The van der Waals surface area contributed by atoms with Crippen molar-refractivity contribution in [1.29, 1.82) is 0 Å². The van der Waals surface area contributed by atoms with Crippen LogP contribution in [0.15, 0.2) is 22.7 Å². The Labute approximate surface area is 101 Å². The molecule has 0 spiro atoms. The Kier molecular flexibility index (Phi) is 4.10. The molecule has 0 saturated carbocycles. The molecule has 0 radical (unpaired) electrons. The summed E-state index contributed by atoms with van der Waals surface area (Å²) in [6.45, 7) is 0. The lowest BCUT2D eigenvalue weighted by atomic mass is 10.4. The first kappa shape index (κ1) is 11.0. The molecule has 0 aliphatic rings. The number of nitrogens with zero attached hydrogens (tertiary/aromatic N) is 2. The van der Waals surface area contributed by atoms with E-state index in [-0.39, 0.29) is 0 Å². The number of aromatic nitrogens is 3. The largest absolute Gasteiger partial charge is 0.257 e. The SMILES string of the molecule is CSCCSc1n[nH]c(-c2cccs2)n1. The van der Waals surface area contributed by atoms with Crippen LogP contribution in [-0.2, 0) is 0 Å². The molecule has 0 bridgehead atoms. The van der Waals surface area contributed by atoms with Gasteiger partial charge < -0.3 is 0 Å². The maximum absolute atomic E-state index is 4.42. The predicted octanol–water partition coefficient (Wildman–Crippen LogP) is 2.99. The van der Waals surface area contributed by atoms with Gasteiger partial charge in [-0.05, 0) is 17.7 Å². The van der Waals surface area contributed by atoms with E-state index in [1.165, 1.54) is 0 Å². The van der Waals surface area contributed by atoms with E-state index in [1.54, 1.807) is 23.1 Å². The van der Waals surface area contributed by atoms with Crippen molar-refractivity contribution in [3.8, 4) is 10.7 Å². The minimum atomic E-state index is 0.840. The highest BCUT2D eigenvalue weighted by Crippen LogP contribution is 2.23. The van der Waals surface area contributed by atoms with Gasteiger partial charge in [-0.3, -0.25) is 5.10 Å². The first-order chi connectivity index (χ1) is 7.40. The Morgan fingerprint density at radius 1 is 1.47 bits per heavy atom. The van der Waals surface area contributed by atoms with Crippen molar-refractivity contribution < 1.29 is 0 Å². The lowest BCUT2D eigenvalue weighted by Crippen LogP contribution is -1.83. The highest BCUT2D eigenvalue weighted by Gasteiger charge is 2.05. The zero-order valence-electron chi connectivity index (χ0n) is 8.27. The van der Waals surface area contributed by atoms with Gasteiger partial charge in [0.2, 0.25) is 5.16 Å². The van der Waals surface area contributed by atoms with Gasteiger partial charge in [0.05, 0.1) is 4.88 Å². The smallest absolute Gasteiger partial charge is 0.208 e. The molecule has 0 aromatic carbocycles. The maximum atomic E-state index is 4.42. The Hall–Kier alpha value is -0.460. The minimum absolute atomic E-state index is 0.840. The summed E-state index contributed by atoms with van der Waals surface area (Å²) in [6.07, 6.45) is 2.11. The number of thiophene rings is 1. The molecule has 0 saturated heterocycles. The van der Waals surface area contributed by atoms with Gasteiger partial charge in [0.25, 0.3) is 0 Å². The molecule has 0 amide bonds. The summed E-state index contributed by atoms with van der Waals surface area (Å²) in [7, 11) is 0. The second-order valence-corrected chi connectivity index (χ2v) is 5.78. The molecule has 0 unspecified atom stereocenters. The van der Waals surface area contributed by atoms with Crippen LogP contribution in [0.5, 0.6) is 0 Å². The van der Waals surface area contributed by atoms with Crippen LogP contribution in [0.3, 0.4) is 0 Å². The molecule has 2 aromatic rings. The van der Waals surface area contributed by atoms with E-state index in [9.17, 15) is 0 Å². The molecule has 15 heavy (non-hydrogen) atoms. The quantitative estimate of drug-likeness (QED) is 0.660. The number of hydrogen-bond donors (Lipinski definition) is 1. The van der Waals surface area contributed by atoms with Gasteiger partial charge in [-0.25, -0.2) is 4.98 Å². The molecular formula is C9H11N3S3.